The second-order valence-corrected chi connectivity index (χ2v) is 13.5. The Morgan fingerprint density at radius 2 is 1.61 bits per heavy atom. The number of carbonyl (C=O) groups is 2. The maximum atomic E-state index is 13.5. The minimum atomic E-state index is -0.539. The third-order valence-corrected chi connectivity index (χ3v) is 9.97. The summed E-state index contributed by atoms with van der Waals surface area (Å²) in [5.74, 6) is 2.34. The third kappa shape index (κ3) is 4.32. The Kier molecular flexibility index (Phi) is 5.41. The van der Waals surface area contributed by atoms with Crippen LogP contribution in [0.4, 0.5) is 0 Å². The first-order valence-electron chi connectivity index (χ1n) is 15.3. The summed E-state index contributed by atoms with van der Waals surface area (Å²) in [5, 5.41) is 4.55. The smallest absolute Gasteiger partial charge is 0.256 e. The molecule has 0 radical (unpaired) electrons. The van der Waals surface area contributed by atoms with Crippen LogP contribution in [0.25, 0.3) is 22.4 Å². The molecular weight excluding hydrogens is 510 g/mol. The molecule has 0 unspecified atom stereocenters. The number of amides is 2. The van der Waals surface area contributed by atoms with Gasteiger partial charge in [-0.1, -0.05) is 49.4 Å². The van der Waals surface area contributed by atoms with Crippen molar-refractivity contribution in [3.63, 3.8) is 0 Å². The van der Waals surface area contributed by atoms with Crippen LogP contribution in [0, 0.1) is 24.2 Å². The number of aromatic nitrogens is 2. The fourth-order valence-corrected chi connectivity index (χ4v) is 6.57. The second-order valence-electron chi connectivity index (χ2n) is 13.5. The number of rotatable bonds is 8. The van der Waals surface area contributed by atoms with Gasteiger partial charge in [0.15, 0.2) is 0 Å². The van der Waals surface area contributed by atoms with Crippen LogP contribution in [0.1, 0.15) is 56.6 Å². The lowest BCUT2D eigenvalue weighted by molar-refractivity contribution is -0.143. The first-order valence-corrected chi connectivity index (χ1v) is 15.3. The summed E-state index contributed by atoms with van der Waals surface area (Å²) >= 11 is 0. The van der Waals surface area contributed by atoms with Gasteiger partial charge in [0.25, 0.3) is 5.91 Å². The molecule has 2 aliphatic heterocycles. The van der Waals surface area contributed by atoms with Crippen LogP contribution in [0.5, 0.6) is 0 Å². The van der Waals surface area contributed by atoms with E-state index in [1.165, 1.54) is 29.7 Å². The van der Waals surface area contributed by atoms with Crippen molar-refractivity contribution in [2.75, 3.05) is 19.6 Å². The number of aliphatic imine (C=N–C) groups is 1. The molecule has 0 N–H and O–H groups in total. The number of likely N-dealkylation sites (tertiary alicyclic amines) is 1. The summed E-state index contributed by atoms with van der Waals surface area (Å²) in [6.45, 7) is 7.32. The van der Waals surface area contributed by atoms with Crippen molar-refractivity contribution in [3.8, 4) is 22.4 Å². The molecule has 41 heavy (non-hydrogen) atoms. The zero-order valence-corrected chi connectivity index (χ0v) is 24.0. The van der Waals surface area contributed by atoms with Crippen molar-refractivity contribution in [1.82, 2.24) is 19.6 Å². The molecule has 3 saturated carbocycles. The van der Waals surface area contributed by atoms with Gasteiger partial charge in [-0.15, -0.1) is 0 Å². The van der Waals surface area contributed by atoms with E-state index in [1.807, 2.05) is 16.0 Å². The van der Waals surface area contributed by atoms with Crippen molar-refractivity contribution in [3.05, 3.63) is 65.9 Å². The maximum Gasteiger partial charge on any atom is 0.256 e. The molecular formula is C34H37N5O2. The number of amidine groups is 1. The summed E-state index contributed by atoms with van der Waals surface area (Å²) in [6, 6.07) is 17.3. The Balaban J connectivity index is 0.997. The third-order valence-electron chi connectivity index (χ3n) is 9.97. The highest BCUT2D eigenvalue weighted by Crippen LogP contribution is 2.49. The topological polar surface area (TPSA) is 70.8 Å². The van der Waals surface area contributed by atoms with Crippen LogP contribution in [0.15, 0.2) is 59.7 Å². The molecule has 3 aliphatic carbocycles. The van der Waals surface area contributed by atoms with Crippen molar-refractivity contribution in [2.24, 2.45) is 22.2 Å². The second kappa shape index (κ2) is 8.88. The number of hydrogen-bond acceptors (Lipinski definition) is 4. The lowest BCUT2D eigenvalue weighted by atomic mass is 9.95. The normalized spacial score (nSPS) is 22.2. The van der Waals surface area contributed by atoms with E-state index in [2.05, 4.69) is 72.2 Å². The van der Waals surface area contributed by atoms with Gasteiger partial charge in [-0.25, -0.2) is 0 Å². The zero-order chi connectivity index (χ0) is 27.9. The van der Waals surface area contributed by atoms with E-state index in [0.717, 1.165) is 73.8 Å². The molecule has 2 amide bonds. The molecule has 1 spiro atoms. The summed E-state index contributed by atoms with van der Waals surface area (Å²) < 4.78 is 2.14. The largest absolute Gasteiger partial charge is 0.341 e. The Hall–Kier alpha value is -3.74. The number of nitrogens with zero attached hydrogens (tertiary/aromatic N) is 5. The minimum Gasteiger partial charge on any atom is -0.341 e. The molecule has 2 aromatic carbocycles. The van der Waals surface area contributed by atoms with Gasteiger partial charge in [0.1, 0.15) is 11.4 Å². The molecule has 5 aliphatic rings. The monoisotopic (exact) mass is 547 g/mol. The summed E-state index contributed by atoms with van der Waals surface area (Å²) in [7, 11) is 0. The number of hydrogen-bond donors (Lipinski definition) is 0. The SMILES string of the molecule is Cc1cc(-c2ccc(-c3ccnn3CC3CC3)cc2)ccc1C1=NC2(CC2)C(=O)N1CC1CN(C(=O)C2(C)CC2)C1. The fourth-order valence-electron chi connectivity index (χ4n) is 6.57. The van der Waals surface area contributed by atoms with Crippen molar-refractivity contribution >= 4 is 17.6 Å². The maximum absolute atomic E-state index is 13.5. The van der Waals surface area contributed by atoms with Gasteiger partial charge in [-0.05, 0) is 79.7 Å². The Morgan fingerprint density at radius 3 is 2.27 bits per heavy atom. The van der Waals surface area contributed by atoms with E-state index < -0.39 is 5.54 Å². The summed E-state index contributed by atoms with van der Waals surface area (Å²) in [6.07, 6.45) is 8.20. The highest BCUT2D eigenvalue weighted by molar-refractivity contribution is 6.17. The van der Waals surface area contributed by atoms with E-state index in [0.29, 0.717) is 12.5 Å². The highest BCUT2D eigenvalue weighted by Gasteiger charge is 2.58. The van der Waals surface area contributed by atoms with Gasteiger partial charge in [0.2, 0.25) is 5.91 Å². The molecule has 7 heteroatoms. The molecule has 4 fully saturated rings. The van der Waals surface area contributed by atoms with Crippen LogP contribution in [0.2, 0.25) is 0 Å². The molecule has 3 aromatic rings. The van der Waals surface area contributed by atoms with Gasteiger partial charge >= 0.3 is 0 Å². The summed E-state index contributed by atoms with van der Waals surface area (Å²) in [5.41, 5.74) is 6.17. The quantitative estimate of drug-likeness (QED) is 0.384. The summed E-state index contributed by atoms with van der Waals surface area (Å²) in [4.78, 5) is 35.1. The number of carbonyl (C=O) groups excluding carboxylic acids is 2. The van der Waals surface area contributed by atoms with Crippen LogP contribution in [-0.4, -0.2) is 62.4 Å². The van der Waals surface area contributed by atoms with Crippen molar-refractivity contribution in [1.29, 1.82) is 0 Å². The van der Waals surface area contributed by atoms with Gasteiger partial charge in [-0.2, -0.15) is 5.10 Å². The fraction of sp³-hybridized carbons (Fsp3) is 0.471. The van der Waals surface area contributed by atoms with E-state index in [-0.39, 0.29) is 17.2 Å². The lowest BCUT2D eigenvalue weighted by Crippen LogP contribution is -2.56. The molecule has 7 nitrogen and oxygen atoms in total. The Labute approximate surface area is 241 Å². The molecule has 3 heterocycles. The van der Waals surface area contributed by atoms with E-state index in [4.69, 9.17) is 4.99 Å². The van der Waals surface area contributed by atoms with Crippen LogP contribution in [0.3, 0.4) is 0 Å². The predicted octanol–water partition coefficient (Wildman–Crippen LogP) is 5.32. The number of aryl methyl sites for hydroxylation is 1. The van der Waals surface area contributed by atoms with Gasteiger partial charge in [0.05, 0.1) is 5.69 Å². The first kappa shape index (κ1) is 25.0. The molecule has 8 rings (SSSR count). The lowest BCUT2D eigenvalue weighted by Gasteiger charge is -2.42. The van der Waals surface area contributed by atoms with E-state index >= 15 is 0 Å². The average molecular weight is 548 g/mol. The van der Waals surface area contributed by atoms with Crippen molar-refractivity contribution in [2.45, 2.75) is 64.5 Å². The molecule has 0 bridgehead atoms. The van der Waals surface area contributed by atoms with Gasteiger partial charge in [-0.3, -0.25) is 24.2 Å². The predicted molar refractivity (Wildman–Crippen MR) is 158 cm³/mol. The van der Waals surface area contributed by atoms with Crippen LogP contribution < -0.4 is 0 Å². The van der Waals surface area contributed by atoms with Crippen molar-refractivity contribution < 1.29 is 9.59 Å². The van der Waals surface area contributed by atoms with Gasteiger partial charge in [0, 0.05) is 49.3 Å². The highest BCUT2D eigenvalue weighted by atomic mass is 16.2. The number of benzene rings is 2. The van der Waals surface area contributed by atoms with E-state index in [9.17, 15) is 9.59 Å². The molecule has 1 saturated heterocycles. The first-order chi connectivity index (χ1) is 19.8. The minimum absolute atomic E-state index is 0.128. The molecule has 1 aromatic heterocycles. The standard InChI is InChI=1S/C34H37N5O2/c1-22-17-27(25-5-7-26(8-6-25)29-11-16-35-39(29)21-23-3-4-23)9-10-28(22)30-36-34(14-15-34)32(41)38(30)20-24-18-37(19-24)31(40)33(2)12-13-33/h5-11,16-17,23-24H,3-4,12-15,18-21H2,1-2H3. The van der Waals surface area contributed by atoms with Gasteiger partial charge < -0.3 is 4.90 Å². The zero-order valence-electron chi connectivity index (χ0n) is 24.0. The van der Waals surface area contributed by atoms with Crippen LogP contribution >= 0.6 is 0 Å². The Bertz CT molecular complexity index is 1580. The Morgan fingerprint density at radius 1 is 0.902 bits per heavy atom. The molecule has 210 valence electrons. The molecule has 0 atom stereocenters. The van der Waals surface area contributed by atoms with Crippen LogP contribution in [-0.2, 0) is 16.1 Å². The average Bonchev–Trinajstić information content (AvgIpc) is 3.89. The van der Waals surface area contributed by atoms with E-state index in [1.54, 1.807) is 0 Å².